The SMILES string of the molecule is CC([O-])=[18O].[Na+]. The third-order valence-electron chi connectivity index (χ3n) is 0. The van der Waals surface area contributed by atoms with Crippen molar-refractivity contribution in [3.8, 4) is 0 Å². The molecule has 0 amide bonds. The fourth-order valence-corrected chi connectivity index (χ4v) is 0. The molecule has 24 valence electrons. The minimum Gasteiger partial charge on any atom is -0.550 e. The zero-order chi connectivity index (χ0) is 3.58. The Morgan fingerprint density at radius 1 is 1.80 bits per heavy atom. The first kappa shape index (κ1) is 9.08. The molecule has 5 heavy (non-hydrogen) atoms. The van der Waals surface area contributed by atoms with Gasteiger partial charge in [0.25, 0.3) is 0 Å². The van der Waals surface area contributed by atoms with Crippen LogP contribution in [0.1, 0.15) is 6.92 Å². The smallest absolute Gasteiger partial charge is 0.550 e. The molecule has 3 heteroatoms. The van der Waals surface area contributed by atoms with Gasteiger partial charge in [0.15, 0.2) is 0 Å². The Hall–Kier alpha value is 0.470. The molecule has 0 unspecified atom stereocenters. The summed E-state index contributed by atoms with van der Waals surface area (Å²) in [6, 6.07) is 0. The van der Waals surface area contributed by atoms with Gasteiger partial charge in [-0.05, 0) is 6.92 Å². The van der Waals surface area contributed by atoms with Gasteiger partial charge in [0.1, 0.15) is 0 Å². The number of hydrogen-bond donors (Lipinski definition) is 0. The third kappa shape index (κ3) is 123. The van der Waals surface area contributed by atoms with E-state index in [2.05, 4.69) is 0 Å². The number of carboxylic acids is 1. The Balaban J connectivity index is 0. The maximum absolute atomic E-state index is 8.89. The van der Waals surface area contributed by atoms with E-state index in [4.69, 9.17) is 9.90 Å². The van der Waals surface area contributed by atoms with Crippen LogP contribution >= 0.6 is 0 Å². The third-order valence-corrected chi connectivity index (χ3v) is 0. The average molecular weight is 84.0 g/mol. The minimum atomic E-state index is -1.08. The molecule has 0 aliphatic heterocycles. The zero-order valence-electron chi connectivity index (χ0n) is 3.32. The van der Waals surface area contributed by atoms with Crippen LogP contribution in [0.4, 0.5) is 0 Å². The summed E-state index contributed by atoms with van der Waals surface area (Å²) in [5.41, 5.74) is 0. The Morgan fingerprint density at radius 2 is 1.80 bits per heavy atom. The van der Waals surface area contributed by atoms with E-state index >= 15 is 0 Å². The first-order chi connectivity index (χ1) is 1.73. The summed E-state index contributed by atoms with van der Waals surface area (Å²) in [6.45, 7) is 0.972. The van der Waals surface area contributed by atoms with Crippen LogP contribution in [0.25, 0.3) is 0 Å². The summed E-state index contributed by atoms with van der Waals surface area (Å²) in [7, 11) is 0. The number of hydrogen-bond acceptors (Lipinski definition) is 2. The van der Waals surface area contributed by atoms with Gasteiger partial charge in [-0.3, -0.25) is 0 Å². The number of aliphatic carboxylic acids is 1. The summed E-state index contributed by atoms with van der Waals surface area (Å²) < 4.78 is 0. The summed E-state index contributed by atoms with van der Waals surface area (Å²) in [5, 5.41) is 8.89. The van der Waals surface area contributed by atoms with Gasteiger partial charge in [0.05, 0.1) is 0 Å². The molecule has 0 bridgehead atoms. The molecule has 0 spiro atoms. The number of carbonyl (C=O) groups is 1. The minimum absolute atomic E-state index is 0. The summed E-state index contributed by atoms with van der Waals surface area (Å²) >= 11 is 0. The summed E-state index contributed by atoms with van der Waals surface area (Å²) in [5.74, 6) is -1.08. The number of rotatable bonds is 0. The van der Waals surface area contributed by atoms with E-state index in [1.165, 1.54) is 0 Å². The topological polar surface area (TPSA) is 40.1 Å². The van der Waals surface area contributed by atoms with Gasteiger partial charge in [0.2, 0.25) is 0 Å². The van der Waals surface area contributed by atoms with Crippen molar-refractivity contribution in [1.29, 1.82) is 0 Å². The summed E-state index contributed by atoms with van der Waals surface area (Å²) in [4.78, 5) is 8.89. The molecular formula is C2H3NaO2. The molecule has 0 fully saturated rings. The molecular weight excluding hydrogens is 81.0 g/mol. The Kier molecular flexibility index (Phi) is 8.11. The largest absolute Gasteiger partial charge is 1.00 e. The first-order valence-corrected chi connectivity index (χ1v) is 0.908. The molecule has 0 saturated heterocycles. The molecule has 0 aromatic rings. The summed E-state index contributed by atoms with van der Waals surface area (Å²) in [6.07, 6.45) is 0. The molecule has 0 saturated carbocycles. The fraction of sp³-hybridized carbons (Fsp3) is 0.500. The Bertz CT molecular complexity index is 30.6. The normalized spacial score (nSPS) is 5.00. The fourth-order valence-electron chi connectivity index (χ4n) is 0. The maximum Gasteiger partial charge on any atom is 1.00 e. The average Bonchev–Trinajstić information content (AvgIpc) is 0.811. The van der Waals surface area contributed by atoms with E-state index in [0.29, 0.717) is 0 Å². The molecule has 0 aliphatic carbocycles. The van der Waals surface area contributed by atoms with E-state index < -0.39 is 5.97 Å². The van der Waals surface area contributed by atoms with Crippen LogP contribution in [0, 0.1) is 0 Å². The van der Waals surface area contributed by atoms with Crippen molar-refractivity contribution in [2.75, 3.05) is 0 Å². The van der Waals surface area contributed by atoms with E-state index in [-0.39, 0.29) is 29.6 Å². The second-order valence-electron chi connectivity index (χ2n) is 0.492. The molecule has 2 nitrogen and oxygen atoms in total. The van der Waals surface area contributed by atoms with E-state index in [0.717, 1.165) is 6.92 Å². The van der Waals surface area contributed by atoms with Gasteiger partial charge < -0.3 is 9.90 Å². The van der Waals surface area contributed by atoms with Crippen LogP contribution in [0.15, 0.2) is 0 Å². The first-order valence-electron chi connectivity index (χ1n) is 0.908. The maximum atomic E-state index is 8.89. The second kappa shape index (κ2) is 4.47. The molecule has 0 N–H and O–H groups in total. The van der Waals surface area contributed by atoms with E-state index in [1.54, 1.807) is 0 Å². The van der Waals surface area contributed by atoms with Crippen LogP contribution in [0.2, 0.25) is 0 Å². The number of carbonyl (C=O) groups excluding carboxylic acids is 1. The van der Waals surface area contributed by atoms with Crippen LogP contribution in [0.3, 0.4) is 0 Å². The van der Waals surface area contributed by atoms with Crippen molar-refractivity contribution in [2.24, 2.45) is 0 Å². The molecule has 0 rings (SSSR count). The van der Waals surface area contributed by atoms with Crippen LogP contribution in [-0.4, -0.2) is 5.97 Å². The number of carboxylic acid groups (broad SMARTS) is 1. The van der Waals surface area contributed by atoms with Gasteiger partial charge in [0, 0.05) is 5.97 Å². The quantitative estimate of drug-likeness (QED) is 0.220. The standard InChI is InChI=1S/C2H4O2.Na/c1-2(3)4;/h1H3,(H,3,4);/q;+1/p-1/i3+2;. The van der Waals surface area contributed by atoms with Gasteiger partial charge in [-0.2, -0.15) is 0 Å². The van der Waals surface area contributed by atoms with Crippen molar-refractivity contribution < 1.29 is 39.5 Å². The van der Waals surface area contributed by atoms with Crippen molar-refractivity contribution in [3.63, 3.8) is 0 Å². The van der Waals surface area contributed by atoms with Crippen LogP contribution < -0.4 is 34.7 Å². The van der Waals surface area contributed by atoms with Gasteiger partial charge in [-0.15, -0.1) is 0 Å². The van der Waals surface area contributed by atoms with E-state index in [9.17, 15) is 0 Å². The van der Waals surface area contributed by atoms with E-state index in [1.807, 2.05) is 0 Å². The van der Waals surface area contributed by atoms with Crippen LogP contribution in [0.5, 0.6) is 0 Å². The van der Waals surface area contributed by atoms with Gasteiger partial charge in [-0.25, -0.2) is 0 Å². The zero-order valence-corrected chi connectivity index (χ0v) is 5.32. The Morgan fingerprint density at radius 3 is 1.80 bits per heavy atom. The molecule has 0 atom stereocenters. The molecule has 0 radical (unpaired) electrons. The molecule has 0 heterocycles. The van der Waals surface area contributed by atoms with Crippen molar-refractivity contribution in [3.05, 3.63) is 0 Å². The van der Waals surface area contributed by atoms with Crippen molar-refractivity contribution in [1.82, 2.24) is 0 Å². The molecule has 0 aromatic carbocycles. The predicted molar refractivity (Wildman–Crippen MR) is 10.7 cm³/mol. The predicted octanol–water partition coefficient (Wildman–Crippen LogP) is -4.24. The molecule has 0 aromatic heterocycles. The molecule has 0 aliphatic rings. The second-order valence-corrected chi connectivity index (χ2v) is 0.492. The monoisotopic (exact) mass is 84.0 g/mol. The van der Waals surface area contributed by atoms with Crippen molar-refractivity contribution >= 4 is 5.97 Å². The van der Waals surface area contributed by atoms with Gasteiger partial charge >= 0.3 is 29.6 Å². The Labute approximate surface area is 52.5 Å². The van der Waals surface area contributed by atoms with Crippen LogP contribution in [-0.2, 0) is 4.79 Å². The van der Waals surface area contributed by atoms with Crippen molar-refractivity contribution in [2.45, 2.75) is 6.92 Å². The van der Waals surface area contributed by atoms with Gasteiger partial charge in [-0.1, -0.05) is 0 Å².